The molecule has 11 heteroatoms. The monoisotopic (exact) mass is 557 g/mol. The van der Waals surface area contributed by atoms with Crippen LogP contribution in [0.4, 0.5) is 8.78 Å². The van der Waals surface area contributed by atoms with Crippen molar-refractivity contribution in [3.05, 3.63) is 52.6 Å². The van der Waals surface area contributed by atoms with Crippen LogP contribution in [0.1, 0.15) is 38.7 Å². The fourth-order valence-electron chi connectivity index (χ4n) is 4.40. The van der Waals surface area contributed by atoms with E-state index in [-0.39, 0.29) is 21.2 Å². The number of aromatic nitrogens is 2. The molecule has 1 aliphatic rings. The number of fused-ring (bicyclic) bond motifs is 1. The lowest BCUT2D eigenvalue weighted by atomic mass is 10.0. The Morgan fingerprint density at radius 2 is 2.00 bits per heavy atom. The Bertz CT molecular complexity index is 1330. The zero-order valence-corrected chi connectivity index (χ0v) is 22.7. The molecule has 0 aliphatic carbocycles. The molecule has 1 aliphatic heterocycles. The molecule has 196 valence electrons. The highest BCUT2D eigenvalue weighted by atomic mass is 35.5. The topological polar surface area (TPSA) is 64.4 Å². The van der Waals surface area contributed by atoms with E-state index in [2.05, 4.69) is 11.9 Å². The van der Waals surface area contributed by atoms with E-state index in [1.54, 1.807) is 22.5 Å². The van der Waals surface area contributed by atoms with Gasteiger partial charge in [-0.15, -0.1) is 0 Å². The first-order chi connectivity index (χ1) is 17.2. The van der Waals surface area contributed by atoms with Crippen molar-refractivity contribution in [1.82, 2.24) is 13.9 Å². The molecule has 0 radical (unpaired) electrons. The molecule has 0 spiro atoms. The number of hydrogen-bond acceptors (Lipinski definition) is 5. The minimum absolute atomic E-state index is 0.0667. The van der Waals surface area contributed by atoms with Gasteiger partial charge in [-0.2, -0.15) is 4.31 Å². The molecule has 0 saturated carbocycles. The van der Waals surface area contributed by atoms with Crippen molar-refractivity contribution in [2.45, 2.75) is 55.5 Å². The maximum Gasteiger partial charge on any atom is 0.243 e. The van der Waals surface area contributed by atoms with Crippen molar-refractivity contribution < 1.29 is 21.9 Å². The van der Waals surface area contributed by atoms with Crippen LogP contribution in [0.5, 0.6) is 0 Å². The van der Waals surface area contributed by atoms with E-state index in [4.69, 9.17) is 16.3 Å². The summed E-state index contributed by atoms with van der Waals surface area (Å²) >= 11 is 7.24. The largest absolute Gasteiger partial charge is 0.382 e. The third-order valence-electron chi connectivity index (χ3n) is 6.30. The van der Waals surface area contributed by atoms with E-state index in [9.17, 15) is 17.2 Å². The molecule has 1 saturated heterocycles. The Morgan fingerprint density at radius 1 is 1.22 bits per heavy atom. The third kappa shape index (κ3) is 5.88. The number of rotatable bonds is 10. The number of halogens is 3. The second-order valence-electron chi connectivity index (χ2n) is 8.97. The van der Waals surface area contributed by atoms with Crippen LogP contribution in [0.3, 0.4) is 0 Å². The minimum atomic E-state index is -3.64. The predicted octanol–water partition coefficient (Wildman–Crippen LogP) is 6.11. The minimum Gasteiger partial charge on any atom is -0.382 e. The van der Waals surface area contributed by atoms with Gasteiger partial charge in [0.1, 0.15) is 11.6 Å². The maximum atomic E-state index is 14.3. The summed E-state index contributed by atoms with van der Waals surface area (Å²) in [5.41, 5.74) is 1.37. The number of sulfonamides is 1. The molecule has 4 rings (SSSR count). The summed E-state index contributed by atoms with van der Waals surface area (Å²) in [5, 5.41) is 0.327. The van der Waals surface area contributed by atoms with E-state index >= 15 is 0 Å². The Kier molecular flexibility index (Phi) is 8.93. The van der Waals surface area contributed by atoms with Gasteiger partial charge in [0.15, 0.2) is 5.16 Å². The zero-order valence-electron chi connectivity index (χ0n) is 20.3. The van der Waals surface area contributed by atoms with Gasteiger partial charge in [0.2, 0.25) is 10.0 Å². The Labute approximate surface area is 220 Å². The number of benzene rings is 2. The number of imidazole rings is 1. The van der Waals surface area contributed by atoms with Crippen LogP contribution in [0.15, 0.2) is 40.4 Å². The molecule has 0 N–H and O–H groups in total. The van der Waals surface area contributed by atoms with E-state index in [0.29, 0.717) is 55.9 Å². The number of piperidine rings is 1. The number of nitrogens with zero attached hydrogens (tertiary/aromatic N) is 3. The van der Waals surface area contributed by atoms with Crippen molar-refractivity contribution in [2.24, 2.45) is 5.92 Å². The Hall–Kier alpha value is -1.72. The van der Waals surface area contributed by atoms with Gasteiger partial charge in [0, 0.05) is 44.2 Å². The first-order valence-electron chi connectivity index (χ1n) is 12.1. The van der Waals surface area contributed by atoms with Gasteiger partial charge >= 0.3 is 0 Å². The van der Waals surface area contributed by atoms with Gasteiger partial charge in [-0.3, -0.25) is 0 Å². The average molecular weight is 558 g/mol. The van der Waals surface area contributed by atoms with E-state index in [0.717, 1.165) is 30.5 Å². The summed E-state index contributed by atoms with van der Waals surface area (Å²) in [6.07, 6.45) is 2.58. The van der Waals surface area contributed by atoms with Crippen molar-refractivity contribution in [1.29, 1.82) is 0 Å². The molecular weight excluding hydrogens is 528 g/mol. The van der Waals surface area contributed by atoms with Crippen molar-refractivity contribution >= 4 is 44.4 Å². The summed E-state index contributed by atoms with van der Waals surface area (Å²) in [4.78, 5) is 4.89. The van der Waals surface area contributed by atoms with Crippen molar-refractivity contribution in [2.75, 3.05) is 26.3 Å². The van der Waals surface area contributed by atoms with Crippen LogP contribution in [-0.2, 0) is 27.1 Å². The smallest absolute Gasteiger partial charge is 0.243 e. The normalized spacial score (nSPS) is 17.2. The quantitative estimate of drug-likeness (QED) is 0.171. The van der Waals surface area contributed by atoms with E-state index in [1.807, 2.05) is 11.5 Å². The van der Waals surface area contributed by atoms with Crippen molar-refractivity contribution in [3.63, 3.8) is 0 Å². The molecule has 0 bridgehead atoms. The van der Waals surface area contributed by atoms with Gasteiger partial charge in [0.05, 0.1) is 21.0 Å². The molecule has 2 heterocycles. The molecule has 36 heavy (non-hydrogen) atoms. The highest BCUT2D eigenvalue weighted by molar-refractivity contribution is 7.98. The SMILES string of the molecule is CCOCCCn1c(SCc2c(F)ccc(F)c2Cl)nc2cc(S(=O)(=O)N3CCC[C@@H](C)C3)ccc21. The number of aryl methyl sites for hydroxylation is 1. The summed E-state index contributed by atoms with van der Waals surface area (Å²) < 4.78 is 63.8. The molecule has 3 aromatic rings. The van der Waals surface area contributed by atoms with Crippen LogP contribution in [0.25, 0.3) is 11.0 Å². The van der Waals surface area contributed by atoms with E-state index in [1.165, 1.54) is 11.8 Å². The number of ether oxygens (including phenoxy) is 1. The average Bonchev–Trinajstić information content (AvgIpc) is 3.21. The van der Waals surface area contributed by atoms with Crippen LogP contribution < -0.4 is 0 Å². The van der Waals surface area contributed by atoms with Crippen LogP contribution in [0.2, 0.25) is 5.02 Å². The van der Waals surface area contributed by atoms with Gasteiger partial charge in [-0.25, -0.2) is 22.2 Å². The highest BCUT2D eigenvalue weighted by Gasteiger charge is 2.29. The lowest BCUT2D eigenvalue weighted by Gasteiger charge is -2.30. The van der Waals surface area contributed by atoms with Crippen molar-refractivity contribution in [3.8, 4) is 0 Å². The fraction of sp³-hybridized carbons (Fsp3) is 0.480. The predicted molar refractivity (Wildman–Crippen MR) is 139 cm³/mol. The molecule has 1 fully saturated rings. The molecule has 6 nitrogen and oxygen atoms in total. The molecule has 0 unspecified atom stereocenters. The highest BCUT2D eigenvalue weighted by Crippen LogP contribution is 2.33. The summed E-state index contributed by atoms with van der Waals surface area (Å²) in [6.45, 7) is 6.76. The molecule has 2 aromatic carbocycles. The van der Waals surface area contributed by atoms with Gasteiger partial charge in [0.25, 0.3) is 0 Å². The maximum absolute atomic E-state index is 14.3. The van der Waals surface area contributed by atoms with Gasteiger partial charge < -0.3 is 9.30 Å². The van der Waals surface area contributed by atoms with E-state index < -0.39 is 21.7 Å². The second kappa shape index (κ2) is 11.8. The molecule has 1 atom stereocenters. The van der Waals surface area contributed by atoms with Crippen LogP contribution in [0, 0.1) is 17.6 Å². The zero-order chi connectivity index (χ0) is 25.9. The summed E-state index contributed by atoms with van der Waals surface area (Å²) in [7, 11) is -3.64. The molecule has 0 amide bonds. The second-order valence-corrected chi connectivity index (χ2v) is 12.2. The van der Waals surface area contributed by atoms with Gasteiger partial charge in [-0.05, 0) is 62.4 Å². The van der Waals surface area contributed by atoms with Crippen LogP contribution >= 0.6 is 23.4 Å². The fourth-order valence-corrected chi connectivity index (χ4v) is 7.38. The Balaban J connectivity index is 1.66. The standard InChI is InChI=1S/C25H30ClF2N3O3S2/c1-3-34-13-5-12-31-23-10-7-18(36(32,33)30-11-4-6-17(2)15-30)14-22(23)29-25(31)35-16-19-20(27)8-9-21(28)24(19)26/h7-10,14,17H,3-6,11-13,15-16H2,1-2H3/t17-/m1/s1. The summed E-state index contributed by atoms with van der Waals surface area (Å²) in [5.74, 6) is -0.869. The first-order valence-corrected chi connectivity index (χ1v) is 14.9. The lowest BCUT2D eigenvalue weighted by molar-refractivity contribution is 0.141. The van der Waals surface area contributed by atoms with Crippen LogP contribution in [-0.4, -0.2) is 48.6 Å². The number of thioether (sulfide) groups is 1. The Morgan fingerprint density at radius 3 is 2.75 bits per heavy atom. The number of hydrogen-bond donors (Lipinski definition) is 0. The first kappa shape index (κ1) is 27.3. The van der Waals surface area contributed by atoms with Gasteiger partial charge in [-0.1, -0.05) is 30.3 Å². The molecule has 1 aromatic heterocycles. The lowest BCUT2D eigenvalue weighted by Crippen LogP contribution is -2.39. The summed E-state index contributed by atoms with van der Waals surface area (Å²) in [6, 6.07) is 7.04. The molecular formula is C25H30ClF2N3O3S2. The third-order valence-corrected chi connectivity index (χ3v) is 9.57.